The van der Waals surface area contributed by atoms with Gasteiger partial charge in [-0.2, -0.15) is 0 Å². The van der Waals surface area contributed by atoms with E-state index in [4.69, 9.17) is 0 Å². The maximum Gasteiger partial charge on any atom is 0.332 e. The van der Waals surface area contributed by atoms with Crippen LogP contribution in [0.5, 0.6) is 0 Å². The number of anilines is 2. The van der Waals surface area contributed by atoms with Crippen molar-refractivity contribution < 1.29 is 4.92 Å². The van der Waals surface area contributed by atoms with Crippen molar-refractivity contribution in [2.45, 2.75) is 18.9 Å². The summed E-state index contributed by atoms with van der Waals surface area (Å²) in [7, 11) is 3.09. The highest BCUT2D eigenvalue weighted by Gasteiger charge is 2.19. The Morgan fingerprint density at radius 3 is 2.34 bits per heavy atom. The molecule has 0 radical (unpaired) electrons. The number of piperidine rings is 1. The molecule has 1 aromatic heterocycles. The van der Waals surface area contributed by atoms with E-state index in [0.717, 1.165) is 36.2 Å². The monoisotopic (exact) mass is 402 g/mol. The van der Waals surface area contributed by atoms with Crippen LogP contribution in [0.4, 0.5) is 17.2 Å². The van der Waals surface area contributed by atoms with E-state index in [9.17, 15) is 19.7 Å². The third-order valence-electron chi connectivity index (χ3n) is 5.31. The van der Waals surface area contributed by atoms with Gasteiger partial charge in [0.2, 0.25) is 0 Å². The number of hydrogen-bond acceptors (Lipinski definition) is 7. The average molecular weight is 402 g/mol. The van der Waals surface area contributed by atoms with E-state index in [-0.39, 0.29) is 21.9 Å². The summed E-state index contributed by atoms with van der Waals surface area (Å²) in [5, 5.41) is 17.4. The Morgan fingerprint density at radius 1 is 1.07 bits per heavy atom. The normalized spacial score (nSPS) is 14.8. The summed E-state index contributed by atoms with van der Waals surface area (Å²) >= 11 is 0. The smallest absolute Gasteiger partial charge is 0.332 e. The van der Waals surface area contributed by atoms with E-state index in [2.05, 4.69) is 15.5 Å². The van der Waals surface area contributed by atoms with Crippen LogP contribution in [-0.2, 0) is 14.1 Å². The van der Waals surface area contributed by atoms with E-state index in [1.54, 1.807) is 19.2 Å². The molecule has 1 fully saturated rings. The molecule has 0 unspecified atom stereocenters. The number of nitro groups is 1. The van der Waals surface area contributed by atoms with E-state index in [0.29, 0.717) is 24.9 Å². The molecular formula is C19H26N6O4. The highest BCUT2D eigenvalue weighted by Crippen LogP contribution is 2.22. The Balaban J connectivity index is 1.43. The van der Waals surface area contributed by atoms with Gasteiger partial charge in [0.1, 0.15) is 5.82 Å². The Labute approximate surface area is 167 Å². The number of non-ortho nitro benzene ring substituents is 1. The zero-order valence-corrected chi connectivity index (χ0v) is 16.6. The van der Waals surface area contributed by atoms with E-state index < -0.39 is 0 Å². The second-order valence-corrected chi connectivity index (χ2v) is 7.18. The van der Waals surface area contributed by atoms with Crippen molar-refractivity contribution in [2.24, 2.45) is 14.1 Å². The predicted molar refractivity (Wildman–Crippen MR) is 112 cm³/mol. The van der Waals surface area contributed by atoms with Crippen molar-refractivity contribution >= 4 is 17.2 Å². The van der Waals surface area contributed by atoms with Crippen molar-refractivity contribution in [3.8, 4) is 0 Å². The summed E-state index contributed by atoms with van der Waals surface area (Å²) in [6.07, 6.45) is 1.95. The van der Waals surface area contributed by atoms with Gasteiger partial charge in [0.05, 0.1) is 4.92 Å². The predicted octanol–water partition coefficient (Wildman–Crippen LogP) is 0.663. The highest BCUT2D eigenvalue weighted by molar-refractivity contribution is 5.51. The summed E-state index contributed by atoms with van der Waals surface area (Å²) < 4.78 is 2.49. The summed E-state index contributed by atoms with van der Waals surface area (Å²) in [5.74, 6) is 0.507. The van der Waals surface area contributed by atoms with Crippen LogP contribution in [0.25, 0.3) is 0 Å². The van der Waals surface area contributed by atoms with Crippen molar-refractivity contribution in [3.05, 3.63) is 61.3 Å². The first kappa shape index (κ1) is 20.6. The minimum Gasteiger partial charge on any atom is -0.371 e. The van der Waals surface area contributed by atoms with Crippen molar-refractivity contribution in [1.82, 2.24) is 14.5 Å². The standard InChI is InChI=1S/C19H26N6O4/c1-22-17(13-18(26)23(2)19(22)27)21-10-9-20-14-7-11-24(12-8-14)15-3-5-16(6-4-15)25(28)29/h3-6,13-14,20-21H,7-12H2,1-2H3. The number of nitrogens with one attached hydrogen (secondary N) is 2. The molecule has 3 rings (SSSR count). The van der Waals surface area contributed by atoms with E-state index in [1.807, 2.05) is 0 Å². The summed E-state index contributed by atoms with van der Waals surface area (Å²) in [4.78, 5) is 36.3. The maximum absolute atomic E-state index is 11.9. The van der Waals surface area contributed by atoms with Crippen LogP contribution < -0.4 is 26.8 Å². The lowest BCUT2D eigenvalue weighted by atomic mass is 10.0. The zero-order chi connectivity index (χ0) is 21.0. The van der Waals surface area contributed by atoms with Gasteiger partial charge >= 0.3 is 5.69 Å². The highest BCUT2D eigenvalue weighted by atomic mass is 16.6. The largest absolute Gasteiger partial charge is 0.371 e. The molecule has 156 valence electrons. The van der Waals surface area contributed by atoms with Gasteiger partial charge in [0, 0.05) is 70.2 Å². The topological polar surface area (TPSA) is 114 Å². The van der Waals surface area contributed by atoms with Crippen LogP contribution in [0.1, 0.15) is 12.8 Å². The van der Waals surface area contributed by atoms with Crippen LogP contribution in [0, 0.1) is 10.1 Å². The van der Waals surface area contributed by atoms with Gasteiger partial charge in [-0.3, -0.25) is 24.0 Å². The Bertz CT molecular complexity index is 974. The minimum absolute atomic E-state index is 0.103. The SMILES string of the molecule is Cn1c(NCCNC2CCN(c3ccc([N+](=O)[O-])cc3)CC2)cc(=O)n(C)c1=O. The Kier molecular flexibility index (Phi) is 6.32. The molecule has 0 bridgehead atoms. The average Bonchev–Trinajstić information content (AvgIpc) is 2.73. The van der Waals surface area contributed by atoms with E-state index >= 15 is 0 Å². The molecule has 2 heterocycles. The Hall–Kier alpha value is -3.14. The number of hydrogen-bond donors (Lipinski definition) is 2. The van der Waals surface area contributed by atoms with Crippen molar-refractivity contribution in [1.29, 1.82) is 0 Å². The third-order valence-corrected chi connectivity index (χ3v) is 5.31. The maximum atomic E-state index is 11.9. The molecule has 0 aliphatic carbocycles. The summed E-state index contributed by atoms with van der Waals surface area (Å²) in [6, 6.07) is 8.47. The lowest BCUT2D eigenvalue weighted by Crippen LogP contribution is -2.44. The van der Waals surface area contributed by atoms with Gasteiger partial charge in [-0.05, 0) is 25.0 Å². The van der Waals surface area contributed by atoms with Crippen LogP contribution in [-0.4, -0.2) is 46.3 Å². The molecule has 10 nitrogen and oxygen atoms in total. The van der Waals surface area contributed by atoms with Crippen LogP contribution in [0.3, 0.4) is 0 Å². The number of rotatable bonds is 7. The molecule has 0 spiro atoms. The lowest BCUT2D eigenvalue weighted by molar-refractivity contribution is -0.384. The second kappa shape index (κ2) is 8.91. The molecule has 2 aromatic rings. The molecule has 0 amide bonds. The first-order chi connectivity index (χ1) is 13.9. The fourth-order valence-corrected chi connectivity index (χ4v) is 3.50. The molecule has 1 aromatic carbocycles. The second-order valence-electron chi connectivity index (χ2n) is 7.18. The third kappa shape index (κ3) is 4.83. The molecule has 1 saturated heterocycles. The molecule has 2 N–H and O–H groups in total. The molecule has 10 heteroatoms. The first-order valence-corrected chi connectivity index (χ1v) is 9.60. The van der Waals surface area contributed by atoms with Crippen LogP contribution in [0.15, 0.2) is 39.9 Å². The van der Waals surface area contributed by atoms with Gasteiger partial charge in [-0.1, -0.05) is 0 Å². The van der Waals surface area contributed by atoms with Crippen molar-refractivity contribution in [3.63, 3.8) is 0 Å². The zero-order valence-electron chi connectivity index (χ0n) is 16.6. The molecule has 0 atom stereocenters. The fourth-order valence-electron chi connectivity index (χ4n) is 3.50. The lowest BCUT2D eigenvalue weighted by Gasteiger charge is -2.34. The molecule has 29 heavy (non-hydrogen) atoms. The Morgan fingerprint density at radius 2 is 1.72 bits per heavy atom. The van der Waals surface area contributed by atoms with Crippen LogP contribution in [0.2, 0.25) is 0 Å². The minimum atomic E-state index is -0.390. The fraction of sp³-hybridized carbons (Fsp3) is 0.474. The summed E-state index contributed by atoms with van der Waals surface area (Å²) in [6.45, 7) is 3.08. The number of nitro benzene ring substituents is 1. The van der Waals surface area contributed by atoms with Gasteiger partial charge in [-0.25, -0.2) is 4.79 Å². The molecular weight excluding hydrogens is 376 g/mol. The van der Waals surface area contributed by atoms with Crippen molar-refractivity contribution in [2.75, 3.05) is 36.4 Å². The first-order valence-electron chi connectivity index (χ1n) is 9.60. The number of nitrogens with zero attached hydrogens (tertiary/aromatic N) is 4. The molecule has 1 aliphatic rings. The van der Waals surface area contributed by atoms with Gasteiger partial charge in [0.15, 0.2) is 0 Å². The van der Waals surface area contributed by atoms with Gasteiger partial charge in [-0.15, -0.1) is 0 Å². The number of benzene rings is 1. The summed E-state index contributed by atoms with van der Waals surface area (Å²) in [5.41, 5.74) is 0.419. The quantitative estimate of drug-likeness (QED) is 0.397. The molecule has 0 saturated carbocycles. The number of aromatic nitrogens is 2. The van der Waals surface area contributed by atoms with Gasteiger partial charge in [0.25, 0.3) is 11.2 Å². The molecule has 1 aliphatic heterocycles. The van der Waals surface area contributed by atoms with Gasteiger partial charge < -0.3 is 15.5 Å². The van der Waals surface area contributed by atoms with E-state index in [1.165, 1.54) is 29.8 Å². The van der Waals surface area contributed by atoms with Crippen LogP contribution >= 0.6 is 0 Å².